The van der Waals surface area contributed by atoms with Gasteiger partial charge < -0.3 is 5.32 Å². The first-order valence-electron chi connectivity index (χ1n) is 6.96. The molecule has 0 bridgehead atoms. The van der Waals surface area contributed by atoms with E-state index in [0.29, 0.717) is 11.6 Å². The molecule has 2 aromatic rings. The highest BCUT2D eigenvalue weighted by atomic mass is 35.5. The van der Waals surface area contributed by atoms with E-state index in [-0.39, 0.29) is 5.82 Å². The number of aryl methyl sites for hydroxylation is 1. The maximum Gasteiger partial charge on any atom is 0.124 e. The van der Waals surface area contributed by atoms with Gasteiger partial charge in [0.15, 0.2) is 0 Å². The summed E-state index contributed by atoms with van der Waals surface area (Å²) in [5.41, 5.74) is 3.30. The maximum atomic E-state index is 13.0. The maximum absolute atomic E-state index is 13.0. The minimum atomic E-state index is -0.306. The molecule has 3 heteroatoms. The van der Waals surface area contributed by atoms with E-state index < -0.39 is 0 Å². The number of rotatable bonds is 6. The SMILES string of the molecule is CCCCc1ccc(NCc2ccc(F)cc2Cl)cc1. The number of benzene rings is 2. The molecule has 106 valence electrons. The van der Waals surface area contributed by atoms with E-state index in [1.165, 1.54) is 30.5 Å². The average Bonchev–Trinajstić information content (AvgIpc) is 2.45. The fraction of sp³-hybridized carbons (Fsp3) is 0.294. The Morgan fingerprint density at radius 1 is 1.10 bits per heavy atom. The molecule has 2 aromatic carbocycles. The quantitative estimate of drug-likeness (QED) is 0.748. The summed E-state index contributed by atoms with van der Waals surface area (Å²) in [6, 6.07) is 12.9. The molecule has 0 saturated carbocycles. The summed E-state index contributed by atoms with van der Waals surface area (Å²) in [5.74, 6) is -0.306. The second-order valence-corrected chi connectivity index (χ2v) is 5.30. The van der Waals surface area contributed by atoms with Crippen molar-refractivity contribution in [3.8, 4) is 0 Å². The van der Waals surface area contributed by atoms with Gasteiger partial charge in [0, 0.05) is 17.3 Å². The van der Waals surface area contributed by atoms with Gasteiger partial charge in [-0.25, -0.2) is 4.39 Å². The first kappa shape index (κ1) is 14.9. The van der Waals surface area contributed by atoms with E-state index in [2.05, 4.69) is 36.5 Å². The smallest absolute Gasteiger partial charge is 0.124 e. The largest absolute Gasteiger partial charge is 0.381 e. The molecular weight excluding hydrogens is 273 g/mol. The average molecular weight is 292 g/mol. The fourth-order valence-corrected chi connectivity index (χ4v) is 2.27. The van der Waals surface area contributed by atoms with Crippen LogP contribution in [0.3, 0.4) is 0 Å². The zero-order valence-electron chi connectivity index (χ0n) is 11.6. The first-order valence-corrected chi connectivity index (χ1v) is 7.33. The van der Waals surface area contributed by atoms with Crippen LogP contribution in [0.2, 0.25) is 5.02 Å². The van der Waals surface area contributed by atoms with Crippen molar-refractivity contribution in [2.24, 2.45) is 0 Å². The van der Waals surface area contributed by atoms with Crippen LogP contribution in [-0.2, 0) is 13.0 Å². The third-order valence-corrected chi connectivity index (χ3v) is 3.62. The third kappa shape index (κ3) is 4.24. The van der Waals surface area contributed by atoms with Crippen molar-refractivity contribution >= 4 is 17.3 Å². The van der Waals surface area contributed by atoms with E-state index in [4.69, 9.17) is 11.6 Å². The Labute approximate surface area is 124 Å². The van der Waals surface area contributed by atoms with Gasteiger partial charge in [-0.05, 0) is 48.2 Å². The summed E-state index contributed by atoms with van der Waals surface area (Å²) in [6.45, 7) is 2.79. The number of unbranched alkanes of at least 4 members (excludes halogenated alkanes) is 1. The lowest BCUT2D eigenvalue weighted by Gasteiger charge is -2.09. The molecule has 0 aliphatic rings. The minimum Gasteiger partial charge on any atom is -0.381 e. The topological polar surface area (TPSA) is 12.0 Å². The number of anilines is 1. The van der Waals surface area contributed by atoms with Crippen molar-refractivity contribution < 1.29 is 4.39 Å². The lowest BCUT2D eigenvalue weighted by atomic mass is 10.1. The zero-order chi connectivity index (χ0) is 14.4. The van der Waals surface area contributed by atoms with E-state index in [0.717, 1.165) is 17.7 Å². The van der Waals surface area contributed by atoms with Crippen molar-refractivity contribution in [1.82, 2.24) is 0 Å². The van der Waals surface area contributed by atoms with Gasteiger partial charge in [0.25, 0.3) is 0 Å². The predicted molar refractivity (Wildman–Crippen MR) is 83.8 cm³/mol. The molecule has 20 heavy (non-hydrogen) atoms. The van der Waals surface area contributed by atoms with Crippen LogP contribution in [-0.4, -0.2) is 0 Å². The van der Waals surface area contributed by atoms with Gasteiger partial charge >= 0.3 is 0 Å². The number of nitrogens with one attached hydrogen (secondary N) is 1. The molecular formula is C17H19ClFN. The van der Waals surface area contributed by atoms with E-state index >= 15 is 0 Å². The van der Waals surface area contributed by atoms with Gasteiger partial charge in [-0.2, -0.15) is 0 Å². The summed E-state index contributed by atoms with van der Waals surface area (Å²) in [7, 11) is 0. The molecule has 0 unspecified atom stereocenters. The highest BCUT2D eigenvalue weighted by molar-refractivity contribution is 6.31. The van der Waals surface area contributed by atoms with Crippen LogP contribution in [0.1, 0.15) is 30.9 Å². The molecule has 0 aromatic heterocycles. The van der Waals surface area contributed by atoms with Gasteiger partial charge in [0.1, 0.15) is 5.82 Å². The van der Waals surface area contributed by atoms with Crippen LogP contribution in [0, 0.1) is 5.82 Å². The summed E-state index contributed by atoms with van der Waals surface area (Å²) in [6.07, 6.45) is 3.56. The molecule has 0 atom stereocenters. The molecule has 0 saturated heterocycles. The number of hydrogen-bond acceptors (Lipinski definition) is 1. The Morgan fingerprint density at radius 3 is 2.50 bits per heavy atom. The van der Waals surface area contributed by atoms with Crippen LogP contribution in [0.4, 0.5) is 10.1 Å². The van der Waals surface area contributed by atoms with Crippen LogP contribution in [0.25, 0.3) is 0 Å². The normalized spacial score (nSPS) is 10.6. The van der Waals surface area contributed by atoms with Crippen molar-refractivity contribution in [1.29, 1.82) is 0 Å². The Kier molecular flexibility index (Phi) is 5.42. The van der Waals surface area contributed by atoms with Gasteiger partial charge in [0.05, 0.1) is 0 Å². The molecule has 0 heterocycles. The lowest BCUT2D eigenvalue weighted by molar-refractivity contribution is 0.627. The van der Waals surface area contributed by atoms with Crippen molar-refractivity contribution in [3.05, 3.63) is 64.4 Å². The monoisotopic (exact) mass is 291 g/mol. The molecule has 1 N–H and O–H groups in total. The van der Waals surface area contributed by atoms with Crippen molar-refractivity contribution in [2.45, 2.75) is 32.7 Å². The molecule has 0 aliphatic heterocycles. The molecule has 0 spiro atoms. The Bertz CT molecular complexity index is 551. The van der Waals surface area contributed by atoms with E-state index in [9.17, 15) is 4.39 Å². The first-order chi connectivity index (χ1) is 9.69. The number of hydrogen-bond donors (Lipinski definition) is 1. The summed E-state index contributed by atoms with van der Waals surface area (Å²) in [4.78, 5) is 0. The van der Waals surface area contributed by atoms with Crippen LogP contribution in [0.5, 0.6) is 0 Å². The standard InChI is InChI=1S/C17H19ClFN/c1-2-3-4-13-5-9-16(10-6-13)20-12-14-7-8-15(19)11-17(14)18/h5-11,20H,2-4,12H2,1H3. The predicted octanol–water partition coefficient (Wildman–Crippen LogP) is 5.43. The van der Waals surface area contributed by atoms with Crippen LogP contribution < -0.4 is 5.32 Å². The summed E-state index contributed by atoms with van der Waals surface area (Å²) >= 11 is 6.00. The summed E-state index contributed by atoms with van der Waals surface area (Å²) < 4.78 is 13.0. The third-order valence-electron chi connectivity index (χ3n) is 3.27. The minimum absolute atomic E-state index is 0.306. The van der Waals surface area contributed by atoms with Gasteiger partial charge in [-0.3, -0.25) is 0 Å². The Balaban J connectivity index is 1.93. The molecule has 1 nitrogen and oxygen atoms in total. The molecule has 0 aliphatic carbocycles. The van der Waals surface area contributed by atoms with E-state index in [1.807, 2.05) is 0 Å². The molecule has 0 fully saturated rings. The second kappa shape index (κ2) is 7.30. The summed E-state index contributed by atoms with van der Waals surface area (Å²) in [5, 5.41) is 3.75. The molecule has 0 amide bonds. The van der Waals surface area contributed by atoms with Crippen molar-refractivity contribution in [2.75, 3.05) is 5.32 Å². The van der Waals surface area contributed by atoms with Crippen LogP contribution in [0.15, 0.2) is 42.5 Å². The van der Waals surface area contributed by atoms with E-state index in [1.54, 1.807) is 6.07 Å². The second-order valence-electron chi connectivity index (χ2n) is 4.89. The van der Waals surface area contributed by atoms with Gasteiger partial charge in [0.2, 0.25) is 0 Å². The highest BCUT2D eigenvalue weighted by Crippen LogP contribution is 2.19. The molecule has 2 rings (SSSR count). The Hall–Kier alpha value is -1.54. The van der Waals surface area contributed by atoms with Crippen LogP contribution >= 0.6 is 11.6 Å². The van der Waals surface area contributed by atoms with Crippen molar-refractivity contribution in [3.63, 3.8) is 0 Å². The highest BCUT2D eigenvalue weighted by Gasteiger charge is 2.02. The van der Waals surface area contributed by atoms with Gasteiger partial charge in [-0.1, -0.05) is 43.1 Å². The zero-order valence-corrected chi connectivity index (χ0v) is 12.4. The fourth-order valence-electron chi connectivity index (χ4n) is 2.03. The molecule has 0 radical (unpaired) electrons. The lowest BCUT2D eigenvalue weighted by Crippen LogP contribution is -2.00. The van der Waals surface area contributed by atoms with Gasteiger partial charge in [-0.15, -0.1) is 0 Å². The Morgan fingerprint density at radius 2 is 1.85 bits per heavy atom. The number of halogens is 2.